The molecule has 0 aliphatic carbocycles. The van der Waals surface area contributed by atoms with Crippen molar-refractivity contribution in [1.29, 1.82) is 0 Å². The standard InChI is InChI=1S/C17H20F3N5O2/c1-11-15(23-24-25(11)13-6-8-21-9-7-13)16(26)22-10-12-2-4-14(5-3-12)27-17(18,19)20/h2-5,13,21H,6-10H2,1H3,(H,22,26). The zero-order valence-electron chi connectivity index (χ0n) is 14.7. The van der Waals surface area contributed by atoms with Crippen LogP contribution in [0.5, 0.6) is 5.75 Å². The number of hydrogen-bond acceptors (Lipinski definition) is 5. The molecule has 2 heterocycles. The summed E-state index contributed by atoms with van der Waals surface area (Å²) in [6, 6.07) is 5.54. The summed E-state index contributed by atoms with van der Waals surface area (Å²) in [4.78, 5) is 12.4. The number of carbonyl (C=O) groups excluding carboxylic acids is 1. The molecule has 1 amide bonds. The number of halogens is 3. The minimum Gasteiger partial charge on any atom is -0.406 e. The minimum absolute atomic E-state index is 0.158. The Hall–Kier alpha value is -2.62. The van der Waals surface area contributed by atoms with Gasteiger partial charge in [0.15, 0.2) is 5.69 Å². The summed E-state index contributed by atoms with van der Waals surface area (Å²) < 4.78 is 42.1. The highest BCUT2D eigenvalue weighted by Crippen LogP contribution is 2.23. The van der Waals surface area contributed by atoms with Crippen molar-refractivity contribution in [2.75, 3.05) is 13.1 Å². The van der Waals surface area contributed by atoms with Gasteiger partial charge in [-0.3, -0.25) is 4.79 Å². The van der Waals surface area contributed by atoms with Crippen molar-refractivity contribution in [1.82, 2.24) is 25.6 Å². The summed E-state index contributed by atoms with van der Waals surface area (Å²) in [6.45, 7) is 3.77. The Morgan fingerprint density at radius 2 is 1.96 bits per heavy atom. The van der Waals surface area contributed by atoms with Crippen LogP contribution in [0.15, 0.2) is 24.3 Å². The molecule has 10 heteroatoms. The van der Waals surface area contributed by atoms with Crippen molar-refractivity contribution in [2.24, 2.45) is 0 Å². The second-order valence-electron chi connectivity index (χ2n) is 6.32. The van der Waals surface area contributed by atoms with E-state index in [4.69, 9.17) is 0 Å². The van der Waals surface area contributed by atoms with E-state index in [1.54, 1.807) is 11.6 Å². The maximum absolute atomic E-state index is 12.4. The average molecular weight is 383 g/mol. The van der Waals surface area contributed by atoms with E-state index < -0.39 is 6.36 Å². The van der Waals surface area contributed by atoms with Gasteiger partial charge in [-0.2, -0.15) is 0 Å². The molecule has 0 atom stereocenters. The fourth-order valence-electron chi connectivity index (χ4n) is 3.02. The largest absolute Gasteiger partial charge is 0.573 e. The fourth-order valence-corrected chi connectivity index (χ4v) is 3.02. The molecule has 1 aromatic heterocycles. The van der Waals surface area contributed by atoms with Gasteiger partial charge in [-0.15, -0.1) is 18.3 Å². The third-order valence-corrected chi connectivity index (χ3v) is 4.41. The first kappa shape index (κ1) is 19.2. The minimum atomic E-state index is -4.73. The summed E-state index contributed by atoms with van der Waals surface area (Å²) >= 11 is 0. The summed E-state index contributed by atoms with van der Waals surface area (Å²) in [6.07, 6.45) is -2.87. The molecule has 146 valence electrons. The Balaban J connectivity index is 1.58. The summed E-state index contributed by atoms with van der Waals surface area (Å²) in [5.74, 6) is -0.679. The van der Waals surface area contributed by atoms with Gasteiger partial charge in [0.25, 0.3) is 5.91 Å². The predicted octanol–water partition coefficient (Wildman–Crippen LogP) is 2.34. The van der Waals surface area contributed by atoms with Crippen LogP contribution in [-0.2, 0) is 6.54 Å². The van der Waals surface area contributed by atoms with Gasteiger partial charge in [0.1, 0.15) is 5.75 Å². The Morgan fingerprint density at radius 1 is 1.30 bits per heavy atom. The first-order valence-corrected chi connectivity index (χ1v) is 8.59. The molecule has 1 aliphatic rings. The van der Waals surface area contributed by atoms with E-state index in [9.17, 15) is 18.0 Å². The van der Waals surface area contributed by atoms with E-state index in [1.807, 2.05) is 0 Å². The molecule has 3 rings (SSSR count). The molecule has 7 nitrogen and oxygen atoms in total. The van der Waals surface area contributed by atoms with Gasteiger partial charge in [-0.25, -0.2) is 4.68 Å². The second kappa shape index (κ2) is 7.95. The number of hydrogen-bond donors (Lipinski definition) is 2. The third kappa shape index (κ3) is 4.97. The summed E-state index contributed by atoms with van der Waals surface area (Å²) in [7, 11) is 0. The number of nitrogens with zero attached hydrogens (tertiary/aromatic N) is 3. The molecule has 2 N–H and O–H groups in total. The van der Waals surface area contributed by atoms with E-state index in [0.29, 0.717) is 11.3 Å². The molecule has 1 saturated heterocycles. The predicted molar refractivity (Wildman–Crippen MR) is 90.2 cm³/mol. The molecule has 1 fully saturated rings. The van der Waals surface area contributed by atoms with E-state index >= 15 is 0 Å². The highest BCUT2D eigenvalue weighted by molar-refractivity contribution is 5.93. The van der Waals surface area contributed by atoms with Crippen LogP contribution in [0.25, 0.3) is 0 Å². The number of benzene rings is 1. The maximum atomic E-state index is 12.4. The highest BCUT2D eigenvalue weighted by Gasteiger charge is 2.31. The molecule has 0 spiro atoms. The number of ether oxygens (including phenoxy) is 1. The first-order valence-electron chi connectivity index (χ1n) is 8.59. The molecule has 2 aromatic rings. The number of carbonyl (C=O) groups is 1. The van der Waals surface area contributed by atoms with Crippen molar-refractivity contribution in [2.45, 2.75) is 38.7 Å². The molecular weight excluding hydrogens is 363 g/mol. The van der Waals surface area contributed by atoms with E-state index in [1.165, 1.54) is 24.3 Å². The maximum Gasteiger partial charge on any atom is 0.573 e. The van der Waals surface area contributed by atoms with Crippen molar-refractivity contribution < 1.29 is 22.7 Å². The van der Waals surface area contributed by atoms with Crippen LogP contribution in [0.2, 0.25) is 0 Å². The van der Waals surface area contributed by atoms with E-state index in [-0.39, 0.29) is 29.9 Å². The lowest BCUT2D eigenvalue weighted by atomic mass is 10.1. The zero-order chi connectivity index (χ0) is 19.4. The number of nitrogens with one attached hydrogen (secondary N) is 2. The van der Waals surface area contributed by atoms with Crippen LogP contribution >= 0.6 is 0 Å². The van der Waals surface area contributed by atoms with Gasteiger partial charge < -0.3 is 15.4 Å². The molecule has 1 aromatic carbocycles. The quantitative estimate of drug-likeness (QED) is 0.828. The fraction of sp³-hybridized carbons (Fsp3) is 0.471. The lowest BCUT2D eigenvalue weighted by Gasteiger charge is -2.23. The Kier molecular flexibility index (Phi) is 5.64. The number of alkyl halides is 3. The van der Waals surface area contributed by atoms with Crippen LogP contribution in [0.4, 0.5) is 13.2 Å². The molecule has 0 unspecified atom stereocenters. The van der Waals surface area contributed by atoms with Gasteiger partial charge in [-0.05, 0) is 50.6 Å². The highest BCUT2D eigenvalue weighted by atomic mass is 19.4. The van der Waals surface area contributed by atoms with Crippen LogP contribution < -0.4 is 15.4 Å². The molecule has 27 heavy (non-hydrogen) atoms. The Morgan fingerprint density at radius 3 is 2.59 bits per heavy atom. The van der Waals surface area contributed by atoms with E-state index in [2.05, 4.69) is 25.7 Å². The van der Waals surface area contributed by atoms with Gasteiger partial charge in [0.2, 0.25) is 0 Å². The summed E-state index contributed by atoms with van der Waals surface area (Å²) in [5, 5.41) is 14.1. The number of amides is 1. The smallest absolute Gasteiger partial charge is 0.406 e. The Bertz CT molecular complexity index is 783. The second-order valence-corrected chi connectivity index (χ2v) is 6.32. The topological polar surface area (TPSA) is 81.1 Å². The van der Waals surface area contributed by atoms with Crippen LogP contribution in [-0.4, -0.2) is 40.4 Å². The van der Waals surface area contributed by atoms with Gasteiger partial charge in [-0.1, -0.05) is 17.3 Å². The summed E-state index contributed by atoms with van der Waals surface area (Å²) in [5.41, 5.74) is 1.60. The van der Waals surface area contributed by atoms with Crippen LogP contribution in [0.1, 0.15) is 40.6 Å². The van der Waals surface area contributed by atoms with Gasteiger partial charge in [0, 0.05) is 6.54 Å². The molecule has 0 bridgehead atoms. The molecule has 0 radical (unpaired) electrons. The van der Waals surface area contributed by atoms with Crippen molar-refractivity contribution >= 4 is 5.91 Å². The average Bonchev–Trinajstić information content (AvgIpc) is 3.02. The number of piperidine rings is 1. The third-order valence-electron chi connectivity index (χ3n) is 4.41. The first-order chi connectivity index (χ1) is 12.8. The van der Waals surface area contributed by atoms with Crippen LogP contribution in [0.3, 0.4) is 0 Å². The molecule has 0 saturated carbocycles. The number of rotatable bonds is 5. The SMILES string of the molecule is Cc1c(C(=O)NCc2ccc(OC(F)(F)F)cc2)nnn1C1CCNCC1. The molecular formula is C17H20F3N5O2. The van der Waals surface area contributed by atoms with Crippen molar-refractivity contribution in [3.63, 3.8) is 0 Å². The Labute approximate surface area is 153 Å². The number of aromatic nitrogens is 3. The zero-order valence-corrected chi connectivity index (χ0v) is 14.7. The molecule has 1 aliphatic heterocycles. The van der Waals surface area contributed by atoms with Gasteiger partial charge in [0.05, 0.1) is 11.7 Å². The van der Waals surface area contributed by atoms with Crippen LogP contribution in [0, 0.1) is 6.92 Å². The van der Waals surface area contributed by atoms with Crippen molar-refractivity contribution in [3.8, 4) is 5.75 Å². The normalized spacial score (nSPS) is 15.6. The van der Waals surface area contributed by atoms with Gasteiger partial charge >= 0.3 is 6.36 Å². The lowest BCUT2D eigenvalue weighted by Crippen LogP contribution is -2.30. The van der Waals surface area contributed by atoms with E-state index in [0.717, 1.165) is 25.9 Å². The van der Waals surface area contributed by atoms with Crippen molar-refractivity contribution in [3.05, 3.63) is 41.2 Å². The monoisotopic (exact) mass is 383 g/mol. The lowest BCUT2D eigenvalue weighted by molar-refractivity contribution is -0.274.